The summed E-state index contributed by atoms with van der Waals surface area (Å²) in [5.74, 6) is 0.104. The number of nitrogens with two attached hydrogens (primary N) is 1. The van der Waals surface area contributed by atoms with Gasteiger partial charge < -0.3 is 5.73 Å². The number of hydrogen-bond donors (Lipinski definition) is 1. The van der Waals surface area contributed by atoms with E-state index in [0.717, 1.165) is 21.8 Å². The van der Waals surface area contributed by atoms with Gasteiger partial charge >= 0.3 is 0 Å². The first-order chi connectivity index (χ1) is 8.60. The van der Waals surface area contributed by atoms with Crippen molar-refractivity contribution >= 4 is 17.1 Å². The third kappa shape index (κ3) is 2.83. The van der Waals surface area contributed by atoms with Crippen molar-refractivity contribution < 1.29 is 4.79 Å². The highest BCUT2D eigenvalue weighted by atomic mass is 32.1. The molecule has 0 unspecified atom stereocenters. The molecule has 3 nitrogen and oxygen atoms in total. The van der Waals surface area contributed by atoms with Gasteiger partial charge in [0.05, 0.1) is 12.1 Å². The fourth-order valence-electron chi connectivity index (χ4n) is 1.68. The van der Waals surface area contributed by atoms with Crippen LogP contribution in [0, 0.1) is 13.8 Å². The monoisotopic (exact) mass is 260 g/mol. The SMILES string of the molecule is Cc1nc(CC(=O)c2ccc(CN)cc2)sc1C. The van der Waals surface area contributed by atoms with Crippen LogP contribution in [0.15, 0.2) is 24.3 Å². The number of carbonyl (C=O) groups is 1. The molecule has 0 aliphatic rings. The van der Waals surface area contributed by atoms with E-state index in [1.807, 2.05) is 38.1 Å². The minimum Gasteiger partial charge on any atom is -0.326 e. The van der Waals surface area contributed by atoms with Crippen LogP contribution in [0.1, 0.15) is 31.5 Å². The molecule has 0 saturated heterocycles. The normalized spacial score (nSPS) is 10.6. The van der Waals surface area contributed by atoms with Gasteiger partial charge in [-0.05, 0) is 19.4 Å². The third-order valence-electron chi connectivity index (χ3n) is 2.90. The second-order valence-corrected chi connectivity index (χ2v) is 5.54. The molecule has 1 aromatic heterocycles. The lowest BCUT2D eigenvalue weighted by atomic mass is 10.1. The third-order valence-corrected chi connectivity index (χ3v) is 3.97. The zero-order chi connectivity index (χ0) is 13.1. The highest BCUT2D eigenvalue weighted by Crippen LogP contribution is 2.18. The molecule has 1 heterocycles. The summed E-state index contributed by atoms with van der Waals surface area (Å²) in [5, 5.41) is 0.887. The van der Waals surface area contributed by atoms with Crippen molar-refractivity contribution in [2.24, 2.45) is 5.73 Å². The summed E-state index contributed by atoms with van der Waals surface area (Å²) in [6, 6.07) is 7.45. The van der Waals surface area contributed by atoms with E-state index in [1.165, 1.54) is 4.88 Å². The molecule has 0 aliphatic carbocycles. The lowest BCUT2D eigenvalue weighted by Crippen LogP contribution is -2.04. The molecule has 0 bridgehead atoms. The van der Waals surface area contributed by atoms with Crippen LogP contribution in [-0.2, 0) is 13.0 Å². The summed E-state index contributed by atoms with van der Waals surface area (Å²) in [4.78, 5) is 17.6. The van der Waals surface area contributed by atoms with Crippen molar-refractivity contribution in [1.29, 1.82) is 0 Å². The first-order valence-electron chi connectivity index (χ1n) is 5.85. The van der Waals surface area contributed by atoms with Gasteiger partial charge in [0.15, 0.2) is 5.78 Å². The van der Waals surface area contributed by atoms with Gasteiger partial charge in [0, 0.05) is 17.0 Å². The summed E-state index contributed by atoms with van der Waals surface area (Å²) in [5.41, 5.74) is 8.30. The van der Waals surface area contributed by atoms with Gasteiger partial charge in [0.1, 0.15) is 5.01 Å². The predicted octanol–water partition coefficient (Wildman–Crippen LogP) is 2.64. The van der Waals surface area contributed by atoms with E-state index in [2.05, 4.69) is 4.98 Å². The fourth-order valence-corrected chi connectivity index (χ4v) is 2.61. The summed E-state index contributed by atoms with van der Waals surface area (Å²) in [7, 11) is 0. The molecule has 4 heteroatoms. The van der Waals surface area contributed by atoms with Gasteiger partial charge in [-0.25, -0.2) is 4.98 Å². The number of ketones is 1. The number of carbonyl (C=O) groups excluding carboxylic acids is 1. The van der Waals surface area contributed by atoms with E-state index in [9.17, 15) is 4.79 Å². The zero-order valence-corrected chi connectivity index (χ0v) is 11.4. The molecule has 94 valence electrons. The smallest absolute Gasteiger partial charge is 0.169 e. The molecule has 0 atom stereocenters. The number of thiazole rings is 1. The molecular formula is C14H16N2OS. The number of nitrogens with zero attached hydrogens (tertiary/aromatic N) is 1. The lowest BCUT2D eigenvalue weighted by molar-refractivity contribution is 0.0993. The Hall–Kier alpha value is -1.52. The predicted molar refractivity (Wildman–Crippen MR) is 74.0 cm³/mol. The number of aryl methyl sites for hydroxylation is 2. The van der Waals surface area contributed by atoms with E-state index >= 15 is 0 Å². The molecule has 2 rings (SSSR count). The van der Waals surface area contributed by atoms with Gasteiger partial charge in [0.2, 0.25) is 0 Å². The van der Waals surface area contributed by atoms with Crippen molar-refractivity contribution in [2.75, 3.05) is 0 Å². The zero-order valence-electron chi connectivity index (χ0n) is 10.6. The molecule has 0 amide bonds. The fraction of sp³-hybridized carbons (Fsp3) is 0.286. The van der Waals surface area contributed by atoms with Crippen LogP contribution in [-0.4, -0.2) is 10.8 Å². The Bertz CT molecular complexity index is 538. The highest BCUT2D eigenvalue weighted by Gasteiger charge is 2.11. The Labute approximate surface area is 111 Å². The topological polar surface area (TPSA) is 56.0 Å². The van der Waals surface area contributed by atoms with E-state index in [0.29, 0.717) is 13.0 Å². The van der Waals surface area contributed by atoms with Crippen LogP contribution in [0.2, 0.25) is 0 Å². The number of aromatic nitrogens is 1. The molecule has 0 saturated carbocycles. The number of hydrogen-bond acceptors (Lipinski definition) is 4. The van der Waals surface area contributed by atoms with Crippen LogP contribution < -0.4 is 5.73 Å². The maximum absolute atomic E-state index is 12.1. The summed E-state index contributed by atoms with van der Waals surface area (Å²) >= 11 is 1.59. The van der Waals surface area contributed by atoms with Gasteiger partial charge in [0.25, 0.3) is 0 Å². The number of Topliss-reactive ketones (excluding diaryl/α,β-unsaturated/α-hetero) is 1. The Morgan fingerprint density at radius 3 is 2.44 bits per heavy atom. The number of benzene rings is 1. The molecular weight excluding hydrogens is 244 g/mol. The first kappa shape index (κ1) is 12.9. The summed E-state index contributed by atoms with van der Waals surface area (Å²) in [6.45, 7) is 4.49. The van der Waals surface area contributed by atoms with Gasteiger partial charge in [-0.15, -0.1) is 11.3 Å². The second-order valence-electron chi connectivity index (χ2n) is 4.25. The molecule has 0 radical (unpaired) electrons. The maximum atomic E-state index is 12.1. The van der Waals surface area contributed by atoms with E-state index in [1.54, 1.807) is 11.3 Å². The molecule has 0 aliphatic heterocycles. The average Bonchev–Trinajstić information content (AvgIpc) is 2.68. The Morgan fingerprint density at radius 2 is 1.94 bits per heavy atom. The Morgan fingerprint density at radius 1 is 1.28 bits per heavy atom. The maximum Gasteiger partial charge on any atom is 0.169 e. The molecule has 0 fully saturated rings. The molecule has 18 heavy (non-hydrogen) atoms. The summed E-state index contributed by atoms with van der Waals surface area (Å²) in [6.07, 6.45) is 0.376. The van der Waals surface area contributed by atoms with Gasteiger partial charge in [-0.3, -0.25) is 4.79 Å². The van der Waals surface area contributed by atoms with Crippen LogP contribution in [0.3, 0.4) is 0 Å². The molecule has 2 aromatic rings. The quantitative estimate of drug-likeness (QED) is 0.860. The van der Waals surface area contributed by atoms with Crippen molar-refractivity contribution in [2.45, 2.75) is 26.8 Å². The van der Waals surface area contributed by atoms with Gasteiger partial charge in [-0.2, -0.15) is 0 Å². The molecule has 0 spiro atoms. The first-order valence-corrected chi connectivity index (χ1v) is 6.67. The minimum atomic E-state index is 0.104. The van der Waals surface area contributed by atoms with E-state index in [4.69, 9.17) is 5.73 Å². The van der Waals surface area contributed by atoms with Gasteiger partial charge in [-0.1, -0.05) is 24.3 Å². The van der Waals surface area contributed by atoms with Crippen molar-refractivity contribution in [3.63, 3.8) is 0 Å². The van der Waals surface area contributed by atoms with E-state index in [-0.39, 0.29) is 5.78 Å². The Kier molecular flexibility index (Phi) is 3.89. The lowest BCUT2D eigenvalue weighted by Gasteiger charge is -2.00. The van der Waals surface area contributed by atoms with Crippen LogP contribution in [0.5, 0.6) is 0 Å². The van der Waals surface area contributed by atoms with Crippen molar-refractivity contribution in [1.82, 2.24) is 4.98 Å². The highest BCUT2D eigenvalue weighted by molar-refractivity contribution is 7.11. The standard InChI is InChI=1S/C14H16N2OS/c1-9-10(2)18-14(16-9)7-13(17)12-5-3-11(8-15)4-6-12/h3-6H,7-8,15H2,1-2H3. The summed E-state index contributed by atoms with van der Waals surface area (Å²) < 4.78 is 0. The minimum absolute atomic E-state index is 0.104. The molecule has 1 aromatic carbocycles. The largest absolute Gasteiger partial charge is 0.326 e. The Balaban J connectivity index is 2.11. The van der Waals surface area contributed by atoms with Crippen LogP contribution in [0.25, 0.3) is 0 Å². The van der Waals surface area contributed by atoms with E-state index < -0.39 is 0 Å². The second kappa shape index (κ2) is 5.42. The van der Waals surface area contributed by atoms with Crippen molar-refractivity contribution in [3.05, 3.63) is 51.0 Å². The molecule has 2 N–H and O–H groups in total. The van der Waals surface area contributed by atoms with Crippen molar-refractivity contribution in [3.8, 4) is 0 Å². The number of rotatable bonds is 4. The average molecular weight is 260 g/mol. The van der Waals surface area contributed by atoms with Crippen LogP contribution in [0.4, 0.5) is 0 Å². The van der Waals surface area contributed by atoms with Crippen LogP contribution >= 0.6 is 11.3 Å².